The van der Waals surface area contributed by atoms with Crippen molar-refractivity contribution in [2.75, 3.05) is 0 Å². The molecule has 0 radical (unpaired) electrons. The van der Waals surface area contributed by atoms with Gasteiger partial charge in [0.25, 0.3) is 0 Å². The minimum absolute atomic E-state index is 0.593. The Morgan fingerprint density at radius 2 is 1.80 bits per heavy atom. The summed E-state index contributed by atoms with van der Waals surface area (Å²) in [5.74, 6) is 0. The van der Waals surface area contributed by atoms with E-state index in [0.29, 0.717) is 0 Å². The van der Waals surface area contributed by atoms with E-state index in [2.05, 4.69) is 0 Å². The summed E-state index contributed by atoms with van der Waals surface area (Å²) < 4.78 is 4.98. The molecule has 0 saturated carbocycles. The van der Waals surface area contributed by atoms with Gasteiger partial charge >= 0.3 is 0 Å². The number of rotatable bonds is 2. The lowest BCUT2D eigenvalue weighted by Gasteiger charge is -2.14. The van der Waals surface area contributed by atoms with Gasteiger partial charge in [-0.2, -0.15) is 0 Å². The van der Waals surface area contributed by atoms with Crippen molar-refractivity contribution in [2.45, 2.75) is 20.0 Å². The molecule has 1 atom stereocenters. The monoisotopic (exact) mass is 202 g/mol. The molecule has 0 aliphatic heterocycles. The number of aryl methyl sites for hydroxylation is 2. The molecule has 1 heterocycles. The maximum Gasteiger partial charge on any atom is 0.108 e. The molecule has 1 aromatic carbocycles. The van der Waals surface area contributed by atoms with Gasteiger partial charge in [-0.1, -0.05) is 18.2 Å². The second-order valence-corrected chi connectivity index (χ2v) is 3.76. The van der Waals surface area contributed by atoms with Crippen molar-refractivity contribution in [3.05, 3.63) is 59.0 Å². The van der Waals surface area contributed by atoms with Crippen LogP contribution < -0.4 is 0 Å². The van der Waals surface area contributed by atoms with Gasteiger partial charge in [0.05, 0.1) is 12.5 Å². The normalized spacial score (nSPS) is 12.7. The van der Waals surface area contributed by atoms with E-state index in [9.17, 15) is 5.11 Å². The van der Waals surface area contributed by atoms with Crippen LogP contribution in [0.25, 0.3) is 0 Å². The van der Waals surface area contributed by atoms with E-state index in [1.165, 1.54) is 0 Å². The molecule has 2 aromatic rings. The molecule has 0 bridgehead atoms. The fourth-order valence-corrected chi connectivity index (χ4v) is 1.86. The first kappa shape index (κ1) is 9.99. The quantitative estimate of drug-likeness (QED) is 0.812. The Morgan fingerprint density at radius 1 is 1.13 bits per heavy atom. The summed E-state index contributed by atoms with van der Waals surface area (Å²) in [6.07, 6.45) is 2.56. The highest BCUT2D eigenvalue weighted by atomic mass is 16.3. The highest BCUT2D eigenvalue weighted by Crippen LogP contribution is 2.27. The molecule has 1 unspecified atom stereocenters. The maximum absolute atomic E-state index is 10.2. The number of furan rings is 1. The maximum atomic E-state index is 10.2. The van der Waals surface area contributed by atoms with Crippen LogP contribution in [0.5, 0.6) is 0 Å². The zero-order valence-electron chi connectivity index (χ0n) is 8.90. The van der Waals surface area contributed by atoms with Gasteiger partial charge in [0.1, 0.15) is 6.10 Å². The summed E-state index contributed by atoms with van der Waals surface area (Å²) in [6.45, 7) is 4.01. The third-order valence-corrected chi connectivity index (χ3v) is 2.67. The Bertz CT molecular complexity index is 423. The van der Waals surface area contributed by atoms with Crippen molar-refractivity contribution < 1.29 is 9.52 Å². The molecular formula is C13H14O2. The first-order valence-electron chi connectivity index (χ1n) is 4.96. The lowest BCUT2D eigenvalue weighted by Crippen LogP contribution is -2.03. The molecule has 0 saturated heterocycles. The lowest BCUT2D eigenvalue weighted by molar-refractivity contribution is 0.217. The van der Waals surface area contributed by atoms with E-state index in [0.717, 1.165) is 22.3 Å². The predicted molar refractivity (Wildman–Crippen MR) is 58.7 cm³/mol. The smallest absolute Gasteiger partial charge is 0.108 e. The summed E-state index contributed by atoms with van der Waals surface area (Å²) in [6, 6.07) is 7.80. The van der Waals surface area contributed by atoms with Crippen molar-refractivity contribution in [1.29, 1.82) is 0 Å². The third kappa shape index (κ3) is 1.81. The van der Waals surface area contributed by atoms with Gasteiger partial charge < -0.3 is 9.52 Å². The van der Waals surface area contributed by atoms with Crippen molar-refractivity contribution >= 4 is 0 Å². The minimum Gasteiger partial charge on any atom is -0.472 e. The van der Waals surface area contributed by atoms with Gasteiger partial charge in [0.15, 0.2) is 0 Å². The van der Waals surface area contributed by atoms with E-state index in [4.69, 9.17) is 4.42 Å². The molecule has 0 amide bonds. The van der Waals surface area contributed by atoms with Crippen LogP contribution in [-0.2, 0) is 0 Å². The molecule has 0 spiro atoms. The Hall–Kier alpha value is -1.54. The van der Waals surface area contributed by atoms with E-state index < -0.39 is 6.10 Å². The van der Waals surface area contributed by atoms with Crippen LogP contribution in [0.15, 0.2) is 41.2 Å². The Labute approximate surface area is 89.2 Å². The summed E-state index contributed by atoms with van der Waals surface area (Å²) in [7, 11) is 0. The first-order chi connectivity index (χ1) is 7.20. The standard InChI is InChI=1S/C13H14O2/c1-9-4-3-5-10(2)12(9)13(14)11-6-7-15-8-11/h3-8,13-14H,1-2H3. The SMILES string of the molecule is Cc1cccc(C)c1C(O)c1ccoc1. The van der Waals surface area contributed by atoms with Gasteiger partial charge in [0.2, 0.25) is 0 Å². The molecule has 0 aliphatic rings. The van der Waals surface area contributed by atoms with Gasteiger partial charge in [-0.3, -0.25) is 0 Å². The number of aliphatic hydroxyl groups excluding tert-OH is 1. The highest BCUT2D eigenvalue weighted by molar-refractivity contribution is 5.39. The summed E-state index contributed by atoms with van der Waals surface area (Å²) in [5, 5.41) is 10.2. The van der Waals surface area contributed by atoms with E-state index in [1.807, 2.05) is 32.0 Å². The van der Waals surface area contributed by atoms with E-state index >= 15 is 0 Å². The van der Waals surface area contributed by atoms with Crippen LogP contribution in [0.4, 0.5) is 0 Å². The van der Waals surface area contributed by atoms with Crippen LogP contribution >= 0.6 is 0 Å². The first-order valence-corrected chi connectivity index (χ1v) is 4.96. The average molecular weight is 202 g/mol. The van der Waals surface area contributed by atoms with Gasteiger partial charge in [-0.25, -0.2) is 0 Å². The minimum atomic E-state index is -0.593. The van der Waals surface area contributed by atoms with Crippen molar-refractivity contribution in [3.8, 4) is 0 Å². The summed E-state index contributed by atoms with van der Waals surface area (Å²) >= 11 is 0. The Balaban J connectivity index is 2.46. The largest absolute Gasteiger partial charge is 0.472 e. The fourth-order valence-electron chi connectivity index (χ4n) is 1.86. The molecule has 2 nitrogen and oxygen atoms in total. The molecular weight excluding hydrogens is 188 g/mol. The van der Waals surface area contributed by atoms with E-state index in [-0.39, 0.29) is 0 Å². The fraction of sp³-hybridized carbons (Fsp3) is 0.231. The van der Waals surface area contributed by atoms with Crippen molar-refractivity contribution in [3.63, 3.8) is 0 Å². The van der Waals surface area contributed by atoms with Crippen LogP contribution in [-0.4, -0.2) is 5.11 Å². The Kier molecular flexibility index (Phi) is 2.60. The van der Waals surface area contributed by atoms with Crippen LogP contribution in [0.3, 0.4) is 0 Å². The molecule has 2 rings (SSSR count). The molecule has 78 valence electrons. The van der Waals surface area contributed by atoms with Crippen LogP contribution in [0, 0.1) is 13.8 Å². The second-order valence-electron chi connectivity index (χ2n) is 3.76. The summed E-state index contributed by atoms with van der Waals surface area (Å²) in [5.41, 5.74) is 3.97. The number of hydrogen-bond acceptors (Lipinski definition) is 2. The number of hydrogen-bond donors (Lipinski definition) is 1. The molecule has 2 heteroatoms. The van der Waals surface area contributed by atoms with Gasteiger partial charge in [-0.15, -0.1) is 0 Å². The van der Waals surface area contributed by atoms with Crippen LogP contribution in [0.1, 0.15) is 28.4 Å². The van der Waals surface area contributed by atoms with Crippen molar-refractivity contribution in [2.24, 2.45) is 0 Å². The summed E-state index contributed by atoms with van der Waals surface area (Å²) in [4.78, 5) is 0. The average Bonchev–Trinajstić information content (AvgIpc) is 2.69. The van der Waals surface area contributed by atoms with Gasteiger partial charge in [-0.05, 0) is 36.6 Å². The molecule has 1 N–H and O–H groups in total. The molecule has 0 fully saturated rings. The molecule has 15 heavy (non-hydrogen) atoms. The lowest BCUT2D eigenvalue weighted by atomic mass is 9.95. The van der Waals surface area contributed by atoms with Crippen molar-refractivity contribution in [1.82, 2.24) is 0 Å². The van der Waals surface area contributed by atoms with E-state index in [1.54, 1.807) is 18.6 Å². The second kappa shape index (κ2) is 3.91. The number of aliphatic hydroxyl groups is 1. The zero-order valence-corrected chi connectivity index (χ0v) is 8.90. The van der Waals surface area contributed by atoms with Gasteiger partial charge in [0, 0.05) is 5.56 Å². The topological polar surface area (TPSA) is 33.4 Å². The zero-order chi connectivity index (χ0) is 10.8. The van der Waals surface area contributed by atoms with Crippen LogP contribution in [0.2, 0.25) is 0 Å². The molecule has 1 aromatic heterocycles. The predicted octanol–water partition coefficient (Wildman–Crippen LogP) is 2.98. The Morgan fingerprint density at radius 3 is 2.33 bits per heavy atom. The third-order valence-electron chi connectivity index (χ3n) is 2.67. The molecule has 0 aliphatic carbocycles. The number of benzene rings is 1. The highest BCUT2D eigenvalue weighted by Gasteiger charge is 2.15.